The van der Waals surface area contributed by atoms with E-state index in [0.29, 0.717) is 0 Å². The lowest BCUT2D eigenvalue weighted by molar-refractivity contribution is 0.0686. The van der Waals surface area contributed by atoms with Gasteiger partial charge in [-0.25, -0.2) is 4.79 Å². The number of carboxylic acids is 1. The van der Waals surface area contributed by atoms with Crippen molar-refractivity contribution < 1.29 is 30.0 Å². The maximum absolute atomic E-state index is 11.5. The molecule has 5 N–H and O–H groups in total. The van der Waals surface area contributed by atoms with E-state index in [4.69, 9.17) is 5.11 Å². The molecule has 8 heteroatoms. The predicted octanol–water partition coefficient (Wildman–Crippen LogP) is 0.673. The number of aromatic carboxylic acids is 1. The first-order valence-electron chi connectivity index (χ1n) is 4.69. The molecule has 0 aliphatic carbocycles. The summed E-state index contributed by atoms with van der Waals surface area (Å²) in [7, 11) is 0. The van der Waals surface area contributed by atoms with E-state index >= 15 is 0 Å². The van der Waals surface area contributed by atoms with Gasteiger partial charge in [-0.1, -0.05) is 0 Å². The summed E-state index contributed by atoms with van der Waals surface area (Å²) in [5, 5.41) is 38.9. The average molecular weight is 278 g/mol. The number of nitrogens with one attached hydrogen (secondary N) is 1. The highest BCUT2D eigenvalue weighted by molar-refractivity contribution is 6.07. The molecule has 0 atom stereocenters. The number of aromatic hydroxyl groups is 3. The Morgan fingerprint density at radius 2 is 1.78 bits per heavy atom. The Morgan fingerprint density at radius 1 is 1.22 bits per heavy atom. The minimum absolute atomic E-state index is 0. The van der Waals surface area contributed by atoms with Crippen LogP contribution in [0.2, 0.25) is 0 Å². The Bertz CT molecular complexity index is 488. The van der Waals surface area contributed by atoms with Crippen LogP contribution in [0.15, 0.2) is 6.07 Å². The molecule has 0 aliphatic rings. The quantitative estimate of drug-likeness (QED) is 0.517. The number of amides is 1. The van der Waals surface area contributed by atoms with E-state index in [0.717, 1.165) is 6.07 Å². The van der Waals surface area contributed by atoms with Gasteiger partial charge in [-0.2, -0.15) is 0 Å². The van der Waals surface area contributed by atoms with Crippen LogP contribution in [0, 0.1) is 0 Å². The highest BCUT2D eigenvalue weighted by atomic mass is 35.5. The molecule has 0 bridgehead atoms. The highest BCUT2D eigenvalue weighted by Gasteiger charge is 2.25. The molecule has 0 spiro atoms. The van der Waals surface area contributed by atoms with Crippen molar-refractivity contribution in [1.29, 1.82) is 0 Å². The monoisotopic (exact) mass is 277 g/mol. The summed E-state index contributed by atoms with van der Waals surface area (Å²) in [6, 6.07) is 0.781. The lowest BCUT2D eigenvalue weighted by Gasteiger charge is -2.10. The van der Waals surface area contributed by atoms with Crippen LogP contribution < -0.4 is 5.32 Å². The molecule has 0 saturated heterocycles. The molecule has 1 aromatic carbocycles. The van der Waals surface area contributed by atoms with Gasteiger partial charge in [0.25, 0.3) is 5.91 Å². The van der Waals surface area contributed by atoms with Crippen molar-refractivity contribution >= 4 is 24.3 Å². The number of phenolic OH excluding ortho intramolecular Hbond substituents is 2. The molecule has 7 nitrogen and oxygen atoms in total. The Kier molecular flexibility index (Phi) is 5.25. The van der Waals surface area contributed by atoms with Gasteiger partial charge in [-0.15, -0.1) is 12.4 Å². The zero-order chi connectivity index (χ0) is 13.2. The van der Waals surface area contributed by atoms with Gasteiger partial charge in [0.2, 0.25) is 5.75 Å². The van der Waals surface area contributed by atoms with Gasteiger partial charge < -0.3 is 25.7 Å². The molecular formula is C10H12ClNO6. The molecule has 0 saturated carbocycles. The topological polar surface area (TPSA) is 127 Å². The molecule has 100 valence electrons. The van der Waals surface area contributed by atoms with Crippen molar-refractivity contribution in [3.63, 3.8) is 0 Å². The first kappa shape index (κ1) is 15.9. The van der Waals surface area contributed by atoms with Gasteiger partial charge in [0.1, 0.15) is 5.56 Å². The molecule has 0 unspecified atom stereocenters. The van der Waals surface area contributed by atoms with Crippen LogP contribution in [0.5, 0.6) is 17.2 Å². The number of carbonyl (C=O) groups is 2. The smallest absolute Gasteiger partial charge is 0.340 e. The third kappa shape index (κ3) is 2.75. The van der Waals surface area contributed by atoms with Crippen molar-refractivity contribution in [3.8, 4) is 17.2 Å². The van der Waals surface area contributed by atoms with Crippen molar-refractivity contribution in [2.45, 2.75) is 6.92 Å². The molecule has 0 aromatic heterocycles. The summed E-state index contributed by atoms with van der Waals surface area (Å²) in [6.45, 7) is 1.87. The summed E-state index contributed by atoms with van der Waals surface area (Å²) >= 11 is 0. The van der Waals surface area contributed by atoms with Crippen molar-refractivity contribution in [2.24, 2.45) is 0 Å². The van der Waals surface area contributed by atoms with E-state index in [1.807, 2.05) is 0 Å². The van der Waals surface area contributed by atoms with E-state index in [1.165, 1.54) is 0 Å². The zero-order valence-electron chi connectivity index (χ0n) is 9.30. The normalized spacial score (nSPS) is 9.39. The fraction of sp³-hybridized carbons (Fsp3) is 0.200. The van der Waals surface area contributed by atoms with E-state index in [1.54, 1.807) is 6.92 Å². The van der Waals surface area contributed by atoms with Crippen LogP contribution in [0.25, 0.3) is 0 Å². The maximum Gasteiger partial charge on any atom is 0.340 e. The van der Waals surface area contributed by atoms with Crippen LogP contribution in [0.4, 0.5) is 0 Å². The Labute approximate surface area is 108 Å². The summed E-state index contributed by atoms with van der Waals surface area (Å²) in [4.78, 5) is 22.4. The van der Waals surface area contributed by atoms with Crippen molar-refractivity contribution in [1.82, 2.24) is 5.32 Å². The second kappa shape index (κ2) is 5.97. The van der Waals surface area contributed by atoms with E-state index in [2.05, 4.69) is 5.32 Å². The van der Waals surface area contributed by atoms with Gasteiger partial charge in [0, 0.05) is 6.54 Å². The Balaban J connectivity index is 0.00000289. The SMILES string of the molecule is CCNC(=O)c1cc(O)c(O)c(O)c1C(=O)O.Cl. The summed E-state index contributed by atoms with van der Waals surface area (Å²) in [5.74, 6) is -5.14. The first-order chi connectivity index (χ1) is 7.90. The molecule has 1 rings (SSSR count). The summed E-state index contributed by atoms with van der Waals surface area (Å²) in [5.41, 5.74) is -1.18. The number of halogens is 1. The van der Waals surface area contributed by atoms with Crippen LogP contribution in [-0.2, 0) is 0 Å². The van der Waals surface area contributed by atoms with E-state index < -0.39 is 40.3 Å². The highest BCUT2D eigenvalue weighted by Crippen LogP contribution is 2.39. The molecule has 0 fully saturated rings. The first-order valence-corrected chi connectivity index (χ1v) is 4.69. The number of hydrogen-bond acceptors (Lipinski definition) is 5. The molecule has 1 amide bonds. The van der Waals surface area contributed by atoms with Crippen LogP contribution in [-0.4, -0.2) is 38.8 Å². The van der Waals surface area contributed by atoms with Crippen molar-refractivity contribution in [2.75, 3.05) is 6.54 Å². The number of rotatable bonds is 3. The third-order valence-corrected chi connectivity index (χ3v) is 2.05. The molecule has 0 radical (unpaired) electrons. The average Bonchev–Trinajstić information content (AvgIpc) is 2.25. The second-order valence-corrected chi connectivity index (χ2v) is 3.18. The fourth-order valence-corrected chi connectivity index (χ4v) is 1.30. The van der Waals surface area contributed by atoms with Gasteiger partial charge in [0.05, 0.1) is 5.56 Å². The Morgan fingerprint density at radius 3 is 2.22 bits per heavy atom. The largest absolute Gasteiger partial charge is 0.504 e. The maximum atomic E-state index is 11.5. The predicted molar refractivity (Wildman–Crippen MR) is 63.7 cm³/mol. The van der Waals surface area contributed by atoms with Gasteiger partial charge >= 0.3 is 5.97 Å². The lowest BCUT2D eigenvalue weighted by Crippen LogP contribution is -2.25. The second-order valence-electron chi connectivity index (χ2n) is 3.18. The number of carbonyl (C=O) groups excluding carboxylic acids is 1. The molecule has 0 aliphatic heterocycles. The van der Waals surface area contributed by atoms with E-state index in [-0.39, 0.29) is 19.0 Å². The molecule has 0 heterocycles. The van der Waals surface area contributed by atoms with Gasteiger partial charge in [-0.05, 0) is 13.0 Å². The minimum Gasteiger partial charge on any atom is -0.504 e. The third-order valence-electron chi connectivity index (χ3n) is 2.05. The fourth-order valence-electron chi connectivity index (χ4n) is 1.30. The number of carboxylic acid groups (broad SMARTS) is 1. The molecule has 1 aromatic rings. The van der Waals surface area contributed by atoms with Crippen LogP contribution in [0.3, 0.4) is 0 Å². The van der Waals surface area contributed by atoms with Crippen LogP contribution >= 0.6 is 12.4 Å². The van der Waals surface area contributed by atoms with Crippen LogP contribution in [0.1, 0.15) is 27.6 Å². The van der Waals surface area contributed by atoms with Gasteiger partial charge in [-0.3, -0.25) is 4.79 Å². The summed E-state index contributed by atoms with van der Waals surface area (Å²) in [6.07, 6.45) is 0. The number of benzene rings is 1. The lowest BCUT2D eigenvalue weighted by atomic mass is 10.0. The standard InChI is InChI=1S/C10H11NO6.ClH/c1-2-11-9(15)4-3-5(12)7(13)8(14)6(4)10(16)17;/h3,12-14H,2H2,1H3,(H,11,15)(H,16,17);1H. The minimum atomic E-state index is -1.58. The number of hydrogen-bond donors (Lipinski definition) is 5. The zero-order valence-corrected chi connectivity index (χ0v) is 10.1. The van der Waals surface area contributed by atoms with E-state index in [9.17, 15) is 24.9 Å². The number of phenols is 3. The Hall–Kier alpha value is -2.15. The molecule has 18 heavy (non-hydrogen) atoms. The molecular weight excluding hydrogens is 266 g/mol. The summed E-state index contributed by atoms with van der Waals surface area (Å²) < 4.78 is 0. The van der Waals surface area contributed by atoms with Crippen molar-refractivity contribution in [3.05, 3.63) is 17.2 Å². The van der Waals surface area contributed by atoms with Gasteiger partial charge in [0.15, 0.2) is 11.5 Å².